The molecule has 2 aliphatic rings. The maximum atomic E-state index is 5.32. The van der Waals surface area contributed by atoms with Crippen LogP contribution in [-0.4, -0.2) is 19.5 Å². The van der Waals surface area contributed by atoms with E-state index in [-0.39, 0.29) is 0 Å². The Kier molecular flexibility index (Phi) is 6.90. The molecule has 4 nitrogen and oxygen atoms in total. The third-order valence-electron chi connectivity index (χ3n) is 12.9. The van der Waals surface area contributed by atoms with Crippen LogP contribution in [0.1, 0.15) is 22.3 Å². The molecule has 0 saturated heterocycles. The van der Waals surface area contributed by atoms with E-state index in [0.29, 0.717) is 17.5 Å². The number of fused-ring (bicyclic) bond motifs is 14. The molecule has 4 heteroatoms. The van der Waals surface area contributed by atoms with Crippen LogP contribution in [0.15, 0.2) is 206 Å². The number of hydrogen-bond donors (Lipinski definition) is 0. The molecule has 0 unspecified atom stereocenters. The first kappa shape index (κ1) is 33.1. The molecule has 60 heavy (non-hydrogen) atoms. The Labute approximate surface area is 346 Å². The van der Waals surface area contributed by atoms with Gasteiger partial charge in [-0.25, -0.2) is 15.0 Å². The molecule has 0 bridgehead atoms. The third-order valence-corrected chi connectivity index (χ3v) is 12.9. The molecule has 2 aromatic heterocycles. The fourth-order valence-corrected chi connectivity index (χ4v) is 10.4. The van der Waals surface area contributed by atoms with Crippen LogP contribution >= 0.6 is 0 Å². The second kappa shape index (κ2) is 12.5. The summed E-state index contributed by atoms with van der Waals surface area (Å²) >= 11 is 0. The summed E-state index contributed by atoms with van der Waals surface area (Å²) < 4.78 is 2.45. The van der Waals surface area contributed by atoms with Crippen molar-refractivity contribution in [2.24, 2.45) is 0 Å². The van der Waals surface area contributed by atoms with Crippen molar-refractivity contribution in [1.82, 2.24) is 19.5 Å². The van der Waals surface area contributed by atoms with Crippen molar-refractivity contribution in [3.05, 3.63) is 229 Å². The van der Waals surface area contributed by atoms with E-state index in [1.807, 2.05) is 36.4 Å². The molecule has 0 amide bonds. The zero-order valence-electron chi connectivity index (χ0n) is 32.4. The molecule has 0 radical (unpaired) electrons. The molecule has 2 heterocycles. The summed E-state index contributed by atoms with van der Waals surface area (Å²) in [5.74, 6) is 1.90. The first-order chi connectivity index (χ1) is 29.8. The summed E-state index contributed by atoms with van der Waals surface area (Å²) in [5.41, 5.74) is 16.2. The summed E-state index contributed by atoms with van der Waals surface area (Å²) in [4.78, 5) is 15.7. The van der Waals surface area contributed by atoms with E-state index in [1.54, 1.807) is 0 Å². The van der Waals surface area contributed by atoms with E-state index >= 15 is 0 Å². The van der Waals surface area contributed by atoms with Gasteiger partial charge in [0, 0.05) is 21.9 Å². The lowest BCUT2D eigenvalue weighted by atomic mass is 9.70. The smallest absolute Gasteiger partial charge is 0.166 e. The quantitative estimate of drug-likeness (QED) is 0.179. The monoisotopic (exact) mass is 762 g/mol. The zero-order chi connectivity index (χ0) is 39.4. The van der Waals surface area contributed by atoms with Gasteiger partial charge >= 0.3 is 0 Å². The van der Waals surface area contributed by atoms with Gasteiger partial charge in [0.25, 0.3) is 0 Å². The van der Waals surface area contributed by atoms with Gasteiger partial charge in [-0.3, -0.25) is 0 Å². The van der Waals surface area contributed by atoms with Crippen molar-refractivity contribution in [2.75, 3.05) is 0 Å². The van der Waals surface area contributed by atoms with Gasteiger partial charge < -0.3 is 4.57 Å². The van der Waals surface area contributed by atoms with E-state index in [9.17, 15) is 0 Å². The number of nitrogens with zero attached hydrogens (tertiary/aromatic N) is 4. The van der Waals surface area contributed by atoms with Crippen molar-refractivity contribution >= 4 is 32.6 Å². The van der Waals surface area contributed by atoms with Crippen LogP contribution in [-0.2, 0) is 5.41 Å². The second-order valence-electron chi connectivity index (χ2n) is 15.9. The molecule has 11 aromatic rings. The molecular weight excluding hydrogens is 729 g/mol. The molecular formula is C56H34N4. The van der Waals surface area contributed by atoms with E-state index in [1.165, 1.54) is 55.3 Å². The zero-order valence-corrected chi connectivity index (χ0v) is 32.4. The van der Waals surface area contributed by atoms with Gasteiger partial charge in [0.1, 0.15) is 0 Å². The molecule has 0 fully saturated rings. The first-order valence-electron chi connectivity index (χ1n) is 20.5. The predicted molar refractivity (Wildman–Crippen MR) is 244 cm³/mol. The highest BCUT2D eigenvalue weighted by Gasteiger charge is 2.51. The maximum Gasteiger partial charge on any atom is 0.166 e. The van der Waals surface area contributed by atoms with Crippen LogP contribution in [0.5, 0.6) is 0 Å². The maximum absolute atomic E-state index is 5.32. The van der Waals surface area contributed by atoms with Gasteiger partial charge in [-0.05, 0) is 79.5 Å². The molecule has 1 spiro atoms. The van der Waals surface area contributed by atoms with Gasteiger partial charge in [0.05, 0.1) is 27.7 Å². The Hall–Kier alpha value is -7.95. The Morgan fingerprint density at radius 2 is 0.833 bits per heavy atom. The molecule has 0 aliphatic heterocycles. The van der Waals surface area contributed by atoms with Gasteiger partial charge in [-0.1, -0.05) is 182 Å². The fourth-order valence-electron chi connectivity index (χ4n) is 10.4. The van der Waals surface area contributed by atoms with Crippen molar-refractivity contribution < 1.29 is 0 Å². The lowest BCUT2D eigenvalue weighted by molar-refractivity contribution is 0.795. The summed E-state index contributed by atoms with van der Waals surface area (Å²) in [6, 6.07) is 74.4. The highest BCUT2D eigenvalue weighted by molar-refractivity contribution is 6.13. The Bertz CT molecular complexity index is 3440. The van der Waals surface area contributed by atoms with Crippen LogP contribution < -0.4 is 0 Å². The second-order valence-corrected chi connectivity index (χ2v) is 15.9. The van der Waals surface area contributed by atoms with Crippen molar-refractivity contribution in [1.29, 1.82) is 0 Å². The number of benzene rings is 9. The highest BCUT2D eigenvalue weighted by atomic mass is 15.1. The van der Waals surface area contributed by atoms with E-state index in [4.69, 9.17) is 15.0 Å². The number of para-hydroxylation sites is 1. The van der Waals surface area contributed by atoms with Crippen molar-refractivity contribution in [2.45, 2.75) is 5.41 Å². The Balaban J connectivity index is 1.14. The van der Waals surface area contributed by atoms with E-state index < -0.39 is 5.41 Å². The van der Waals surface area contributed by atoms with Crippen LogP contribution in [0.2, 0.25) is 0 Å². The van der Waals surface area contributed by atoms with E-state index in [2.05, 4.69) is 174 Å². The first-order valence-corrected chi connectivity index (χ1v) is 20.5. The normalized spacial score (nSPS) is 13.1. The summed E-state index contributed by atoms with van der Waals surface area (Å²) in [6.07, 6.45) is 0. The van der Waals surface area contributed by atoms with Crippen LogP contribution in [0.3, 0.4) is 0 Å². The summed E-state index contributed by atoms with van der Waals surface area (Å²) in [5, 5.41) is 4.61. The fraction of sp³-hybridized carbons (Fsp3) is 0.0179. The Morgan fingerprint density at radius 1 is 0.333 bits per heavy atom. The van der Waals surface area contributed by atoms with Crippen LogP contribution in [0, 0.1) is 0 Å². The van der Waals surface area contributed by atoms with Crippen LogP contribution in [0.4, 0.5) is 0 Å². The SMILES string of the molecule is c1ccc(-c2nc(-c3ccccc3)nc(-c3c(-n4c5ccccc5c5cc6c(cc54)-c4ccccc4C64c5ccccc5-c5ccccc54)ccc4ccccc34)n2)cc1. The number of rotatable bonds is 4. The minimum atomic E-state index is -0.433. The minimum absolute atomic E-state index is 0.433. The average molecular weight is 763 g/mol. The predicted octanol–water partition coefficient (Wildman–Crippen LogP) is 13.5. The average Bonchev–Trinajstić information content (AvgIpc) is 3.92. The third kappa shape index (κ3) is 4.47. The van der Waals surface area contributed by atoms with Crippen molar-refractivity contribution in [3.63, 3.8) is 0 Å². The molecule has 9 aromatic carbocycles. The highest BCUT2D eigenvalue weighted by Crippen LogP contribution is 2.63. The Morgan fingerprint density at radius 3 is 1.47 bits per heavy atom. The molecule has 2 aliphatic carbocycles. The van der Waals surface area contributed by atoms with Gasteiger partial charge in [-0.15, -0.1) is 0 Å². The van der Waals surface area contributed by atoms with Gasteiger partial charge in [0.15, 0.2) is 17.5 Å². The van der Waals surface area contributed by atoms with Gasteiger partial charge in [0.2, 0.25) is 0 Å². The molecule has 278 valence electrons. The lowest BCUT2D eigenvalue weighted by Crippen LogP contribution is -2.25. The molecule has 13 rings (SSSR count). The molecule has 0 saturated carbocycles. The lowest BCUT2D eigenvalue weighted by Gasteiger charge is -2.30. The summed E-state index contributed by atoms with van der Waals surface area (Å²) in [6.45, 7) is 0. The minimum Gasteiger partial charge on any atom is -0.308 e. The molecule has 0 N–H and O–H groups in total. The van der Waals surface area contributed by atoms with Gasteiger partial charge in [-0.2, -0.15) is 0 Å². The van der Waals surface area contributed by atoms with Crippen LogP contribution in [0.25, 0.3) is 94.7 Å². The van der Waals surface area contributed by atoms with E-state index in [0.717, 1.165) is 44.2 Å². The topological polar surface area (TPSA) is 43.6 Å². The summed E-state index contributed by atoms with van der Waals surface area (Å²) in [7, 11) is 0. The number of aromatic nitrogens is 4. The van der Waals surface area contributed by atoms with Crippen molar-refractivity contribution in [3.8, 4) is 62.1 Å². The largest absolute Gasteiger partial charge is 0.308 e. The molecule has 0 atom stereocenters. The standard InChI is InChI=1S/C56H34N4/c1-3-18-36(19-4-1)53-57-54(37-20-5-2-6-21-37)59-55(58-53)52-38-22-8-7-17-35(38)31-32-50(52)60-49-30-16-12-26-42(49)44-33-48-43(34-51(44)60)41-25-11-15-29-47(41)56(48)45-27-13-9-23-39(45)40-24-10-14-28-46(40)56/h1-34H. The number of hydrogen-bond acceptors (Lipinski definition) is 3.